The summed E-state index contributed by atoms with van der Waals surface area (Å²) < 4.78 is 1.92. The number of aryl methyl sites for hydroxylation is 1. The van der Waals surface area contributed by atoms with Gasteiger partial charge in [0.2, 0.25) is 0 Å². The molecule has 1 unspecified atom stereocenters. The summed E-state index contributed by atoms with van der Waals surface area (Å²) in [6, 6.07) is 8.57. The second kappa shape index (κ2) is 8.38. The van der Waals surface area contributed by atoms with Crippen molar-refractivity contribution in [2.75, 3.05) is 13.1 Å². The van der Waals surface area contributed by atoms with E-state index in [2.05, 4.69) is 41.6 Å². The molecule has 2 aromatic rings. The molecule has 4 rings (SSSR count). The van der Waals surface area contributed by atoms with Crippen molar-refractivity contribution in [1.29, 1.82) is 0 Å². The molecule has 2 aliphatic rings. The van der Waals surface area contributed by atoms with Crippen LogP contribution in [0.25, 0.3) is 0 Å². The van der Waals surface area contributed by atoms with Crippen LogP contribution >= 0.6 is 0 Å². The van der Waals surface area contributed by atoms with Crippen molar-refractivity contribution < 1.29 is 4.79 Å². The van der Waals surface area contributed by atoms with E-state index in [1.807, 2.05) is 22.8 Å². The van der Waals surface area contributed by atoms with Crippen LogP contribution in [0.5, 0.6) is 0 Å². The van der Waals surface area contributed by atoms with Gasteiger partial charge in [-0.15, -0.1) is 0 Å². The number of rotatable bonds is 4. The van der Waals surface area contributed by atoms with E-state index in [4.69, 9.17) is 0 Å². The highest BCUT2D eigenvalue weighted by molar-refractivity contribution is 5.75. The zero-order valence-corrected chi connectivity index (χ0v) is 17.2. The molecule has 0 saturated heterocycles. The van der Waals surface area contributed by atoms with Gasteiger partial charge in [0.05, 0.1) is 6.20 Å². The first-order chi connectivity index (χ1) is 13.6. The van der Waals surface area contributed by atoms with E-state index < -0.39 is 0 Å². The summed E-state index contributed by atoms with van der Waals surface area (Å²) in [6.45, 7) is 4.28. The molecule has 1 aliphatic heterocycles. The van der Waals surface area contributed by atoms with Gasteiger partial charge in [-0.2, -0.15) is 5.10 Å². The molecule has 1 fully saturated rings. The van der Waals surface area contributed by atoms with Crippen LogP contribution < -0.4 is 5.32 Å². The first-order valence-corrected chi connectivity index (χ1v) is 10.7. The number of carbonyl (C=O) groups excluding carboxylic acids is 1. The first kappa shape index (κ1) is 19.0. The van der Waals surface area contributed by atoms with Crippen LogP contribution in [0.2, 0.25) is 0 Å². The Hall–Kier alpha value is -2.30. The van der Waals surface area contributed by atoms with Crippen molar-refractivity contribution in [3.05, 3.63) is 52.8 Å². The third-order valence-electron chi connectivity index (χ3n) is 6.68. The minimum Gasteiger partial charge on any atom is -0.338 e. The Morgan fingerprint density at radius 1 is 1.18 bits per heavy atom. The van der Waals surface area contributed by atoms with Gasteiger partial charge in [0.1, 0.15) is 0 Å². The highest BCUT2D eigenvalue weighted by Gasteiger charge is 2.30. The molecule has 1 aliphatic carbocycles. The molecule has 1 saturated carbocycles. The molecule has 1 aromatic heterocycles. The van der Waals surface area contributed by atoms with Crippen molar-refractivity contribution in [2.45, 2.75) is 57.9 Å². The predicted molar refractivity (Wildman–Crippen MR) is 111 cm³/mol. The van der Waals surface area contributed by atoms with E-state index in [1.54, 1.807) is 0 Å². The van der Waals surface area contributed by atoms with Gasteiger partial charge in [-0.1, -0.05) is 56.4 Å². The van der Waals surface area contributed by atoms with Crippen molar-refractivity contribution in [3.63, 3.8) is 0 Å². The van der Waals surface area contributed by atoms with Crippen molar-refractivity contribution >= 4 is 6.03 Å². The summed E-state index contributed by atoms with van der Waals surface area (Å²) in [5, 5.41) is 7.62. The van der Waals surface area contributed by atoms with Gasteiger partial charge in [0.25, 0.3) is 0 Å². The minimum absolute atomic E-state index is 0.0665. The van der Waals surface area contributed by atoms with Crippen molar-refractivity contribution in [3.8, 4) is 0 Å². The van der Waals surface area contributed by atoms with Crippen LogP contribution in [-0.4, -0.2) is 33.8 Å². The van der Waals surface area contributed by atoms with Crippen LogP contribution in [0, 0.1) is 12.8 Å². The van der Waals surface area contributed by atoms with E-state index in [1.165, 1.54) is 54.5 Å². The molecule has 150 valence electrons. The molecule has 2 amide bonds. The van der Waals surface area contributed by atoms with Crippen LogP contribution in [0.4, 0.5) is 4.79 Å². The number of nitrogens with one attached hydrogen (secondary N) is 1. The predicted octanol–water partition coefficient (Wildman–Crippen LogP) is 4.36. The molecule has 0 bridgehead atoms. The number of benzene rings is 1. The molecular weight excluding hydrogens is 348 g/mol. The molecule has 1 aromatic carbocycles. The molecular formula is C23H32N4O. The lowest BCUT2D eigenvalue weighted by Gasteiger charge is -2.35. The van der Waals surface area contributed by atoms with Gasteiger partial charge in [-0.05, 0) is 30.4 Å². The van der Waals surface area contributed by atoms with Gasteiger partial charge in [-0.25, -0.2) is 4.79 Å². The van der Waals surface area contributed by atoms with E-state index in [-0.39, 0.29) is 11.9 Å². The number of carbonyl (C=O) groups is 1. The Morgan fingerprint density at radius 3 is 2.71 bits per heavy atom. The maximum atomic E-state index is 12.9. The van der Waals surface area contributed by atoms with Gasteiger partial charge in [-0.3, -0.25) is 4.68 Å². The Labute approximate surface area is 168 Å². The number of hydrogen-bond acceptors (Lipinski definition) is 2. The molecule has 28 heavy (non-hydrogen) atoms. The molecule has 5 nitrogen and oxygen atoms in total. The van der Waals surface area contributed by atoms with E-state index >= 15 is 0 Å². The maximum Gasteiger partial charge on any atom is 0.317 e. The standard InChI is InChI=1S/C23H32N4O/c1-17-21(14-25-26(17)2)22-16-27(15-19-10-6-7-11-20(19)22)23(28)24-13-12-18-8-4-3-5-9-18/h6-7,10-11,14,18,22H,3-5,8-9,12-13,15-16H2,1-2H3,(H,24,28). The summed E-state index contributed by atoms with van der Waals surface area (Å²) in [6.07, 6.45) is 9.82. The summed E-state index contributed by atoms with van der Waals surface area (Å²) in [5.41, 5.74) is 4.95. The molecule has 0 radical (unpaired) electrons. The molecule has 0 spiro atoms. The van der Waals surface area contributed by atoms with Gasteiger partial charge < -0.3 is 10.2 Å². The summed E-state index contributed by atoms with van der Waals surface area (Å²) in [4.78, 5) is 14.9. The third-order valence-corrected chi connectivity index (χ3v) is 6.68. The number of aromatic nitrogens is 2. The monoisotopic (exact) mass is 380 g/mol. The van der Waals surface area contributed by atoms with Crippen LogP contribution in [0.3, 0.4) is 0 Å². The van der Waals surface area contributed by atoms with Gasteiger partial charge in [0, 0.05) is 43.9 Å². The highest BCUT2D eigenvalue weighted by atomic mass is 16.2. The third kappa shape index (κ3) is 3.94. The van der Waals surface area contributed by atoms with Gasteiger partial charge >= 0.3 is 6.03 Å². The fourth-order valence-electron chi connectivity index (χ4n) is 4.86. The van der Waals surface area contributed by atoms with Crippen LogP contribution in [0.1, 0.15) is 66.8 Å². The highest BCUT2D eigenvalue weighted by Crippen LogP contribution is 2.34. The normalized spacial score (nSPS) is 20.1. The number of nitrogens with zero attached hydrogens (tertiary/aromatic N) is 3. The SMILES string of the molecule is Cc1c(C2CN(C(=O)NCCC3CCCCC3)Cc3ccccc32)cnn1C. The minimum atomic E-state index is 0.0665. The number of fused-ring (bicyclic) bond motifs is 1. The number of hydrogen-bond donors (Lipinski definition) is 1. The molecule has 1 N–H and O–H groups in total. The summed E-state index contributed by atoms with van der Waals surface area (Å²) in [7, 11) is 1.98. The first-order valence-electron chi connectivity index (χ1n) is 10.7. The molecule has 1 atom stereocenters. The lowest BCUT2D eigenvalue weighted by Crippen LogP contribution is -2.44. The van der Waals surface area contributed by atoms with E-state index in [0.717, 1.165) is 18.9 Å². The lowest BCUT2D eigenvalue weighted by atomic mass is 9.85. The van der Waals surface area contributed by atoms with Crippen molar-refractivity contribution in [1.82, 2.24) is 20.0 Å². The molecule has 5 heteroatoms. The van der Waals surface area contributed by atoms with Crippen molar-refractivity contribution in [2.24, 2.45) is 13.0 Å². The second-order valence-electron chi connectivity index (χ2n) is 8.47. The largest absolute Gasteiger partial charge is 0.338 e. The summed E-state index contributed by atoms with van der Waals surface area (Å²) >= 11 is 0. The fourth-order valence-corrected chi connectivity index (χ4v) is 4.86. The average molecular weight is 381 g/mol. The zero-order valence-electron chi connectivity index (χ0n) is 17.2. The van der Waals surface area contributed by atoms with Crippen LogP contribution in [-0.2, 0) is 13.6 Å². The van der Waals surface area contributed by atoms with Gasteiger partial charge in [0.15, 0.2) is 0 Å². The Morgan fingerprint density at radius 2 is 1.96 bits per heavy atom. The fraction of sp³-hybridized carbons (Fsp3) is 0.565. The maximum absolute atomic E-state index is 12.9. The second-order valence-corrected chi connectivity index (χ2v) is 8.47. The lowest BCUT2D eigenvalue weighted by molar-refractivity contribution is 0.187. The summed E-state index contributed by atoms with van der Waals surface area (Å²) in [5.74, 6) is 0.977. The average Bonchev–Trinajstić information content (AvgIpc) is 3.06. The topological polar surface area (TPSA) is 50.2 Å². The zero-order chi connectivity index (χ0) is 19.5. The smallest absolute Gasteiger partial charge is 0.317 e. The Bertz CT molecular complexity index is 822. The van der Waals surface area contributed by atoms with E-state index in [0.29, 0.717) is 13.1 Å². The number of amides is 2. The van der Waals surface area contributed by atoms with E-state index in [9.17, 15) is 4.79 Å². The Kier molecular flexibility index (Phi) is 5.69. The van der Waals surface area contributed by atoms with Crippen LogP contribution in [0.15, 0.2) is 30.5 Å². The number of urea groups is 1. The quantitative estimate of drug-likeness (QED) is 0.857. The molecule has 2 heterocycles. The Balaban J connectivity index is 1.45.